The van der Waals surface area contributed by atoms with Crippen molar-refractivity contribution in [3.05, 3.63) is 51.8 Å². The molecule has 3 N–H and O–H groups in total. The van der Waals surface area contributed by atoms with Gasteiger partial charge in [-0.05, 0) is 32.0 Å². The Hall–Kier alpha value is -1.31. The van der Waals surface area contributed by atoms with Crippen molar-refractivity contribution in [2.75, 3.05) is 0 Å². The Morgan fingerprint density at radius 1 is 1.33 bits per heavy atom. The van der Waals surface area contributed by atoms with Gasteiger partial charge in [-0.1, -0.05) is 15.9 Å². The smallest absolute Gasteiger partial charge is 0.132 e. The highest BCUT2D eigenvalue weighted by atomic mass is 79.9. The average molecular weight is 359 g/mol. The molecule has 1 aromatic carbocycles. The summed E-state index contributed by atoms with van der Waals surface area (Å²) in [7, 11) is 0. The van der Waals surface area contributed by atoms with Crippen LogP contribution >= 0.6 is 15.9 Å². The molecule has 0 aliphatic rings. The van der Waals surface area contributed by atoms with Gasteiger partial charge in [0.2, 0.25) is 0 Å². The predicted octanol–water partition coefficient (Wildman–Crippen LogP) is 3.25. The maximum atomic E-state index is 14.0. The molecular formula is C14H17BrF2N4. The molecular weight excluding hydrogens is 342 g/mol. The lowest BCUT2D eigenvalue weighted by molar-refractivity contribution is 0.463. The fourth-order valence-electron chi connectivity index (χ4n) is 2.11. The van der Waals surface area contributed by atoms with Crippen LogP contribution in [0.3, 0.4) is 0 Å². The largest absolute Gasteiger partial charge is 0.271 e. The van der Waals surface area contributed by atoms with Crippen LogP contribution in [0.25, 0.3) is 0 Å². The average Bonchev–Trinajstić information content (AvgIpc) is 2.85. The molecule has 0 bridgehead atoms. The third-order valence-corrected chi connectivity index (χ3v) is 3.66. The number of halogens is 3. The molecule has 0 aliphatic carbocycles. The van der Waals surface area contributed by atoms with Crippen LogP contribution in [0.2, 0.25) is 0 Å². The monoisotopic (exact) mass is 358 g/mol. The van der Waals surface area contributed by atoms with E-state index in [1.54, 1.807) is 4.68 Å². The number of benzene rings is 1. The minimum Gasteiger partial charge on any atom is -0.271 e. The van der Waals surface area contributed by atoms with Gasteiger partial charge in [0.05, 0.1) is 11.7 Å². The first-order valence-electron chi connectivity index (χ1n) is 6.57. The van der Waals surface area contributed by atoms with Gasteiger partial charge in [-0.15, -0.1) is 0 Å². The quantitative estimate of drug-likeness (QED) is 0.637. The topological polar surface area (TPSA) is 55.9 Å². The molecule has 1 unspecified atom stereocenters. The van der Waals surface area contributed by atoms with Crippen LogP contribution in [0, 0.1) is 11.6 Å². The summed E-state index contributed by atoms with van der Waals surface area (Å²) in [5.74, 6) is 4.17. The second-order valence-electron chi connectivity index (χ2n) is 5.09. The normalized spacial score (nSPS) is 12.9. The summed E-state index contributed by atoms with van der Waals surface area (Å²) >= 11 is 3.06. The van der Waals surface area contributed by atoms with Gasteiger partial charge in [0.25, 0.3) is 0 Å². The number of hydrazine groups is 1. The second kappa shape index (κ2) is 6.64. The van der Waals surface area contributed by atoms with Gasteiger partial charge in [0, 0.05) is 28.7 Å². The number of nitrogens with one attached hydrogen (secondary N) is 1. The van der Waals surface area contributed by atoms with Crippen molar-refractivity contribution in [1.29, 1.82) is 0 Å². The summed E-state index contributed by atoms with van der Waals surface area (Å²) in [4.78, 5) is 0. The molecule has 0 fully saturated rings. The zero-order valence-corrected chi connectivity index (χ0v) is 13.4. The number of aromatic nitrogens is 2. The van der Waals surface area contributed by atoms with Crippen molar-refractivity contribution in [2.24, 2.45) is 5.84 Å². The lowest BCUT2D eigenvalue weighted by Crippen LogP contribution is -2.31. The number of rotatable bonds is 5. The van der Waals surface area contributed by atoms with E-state index in [9.17, 15) is 8.78 Å². The highest BCUT2D eigenvalue weighted by Gasteiger charge is 2.21. The van der Waals surface area contributed by atoms with E-state index in [4.69, 9.17) is 5.84 Å². The van der Waals surface area contributed by atoms with E-state index in [1.807, 2.05) is 26.1 Å². The van der Waals surface area contributed by atoms with Gasteiger partial charge in [-0.2, -0.15) is 5.10 Å². The van der Waals surface area contributed by atoms with Crippen LogP contribution in [-0.2, 0) is 6.42 Å². The fraction of sp³-hybridized carbons (Fsp3) is 0.357. The lowest BCUT2D eigenvalue weighted by atomic mass is 10.0. The Balaban J connectivity index is 2.27. The molecule has 0 radical (unpaired) electrons. The molecule has 4 nitrogen and oxygen atoms in total. The van der Waals surface area contributed by atoms with E-state index in [0.29, 0.717) is 16.6 Å². The summed E-state index contributed by atoms with van der Waals surface area (Å²) in [6, 6.07) is 3.79. The van der Waals surface area contributed by atoms with Crippen molar-refractivity contribution >= 4 is 15.9 Å². The van der Waals surface area contributed by atoms with E-state index in [0.717, 1.165) is 0 Å². The van der Waals surface area contributed by atoms with E-state index < -0.39 is 17.7 Å². The molecule has 0 saturated carbocycles. The Kier molecular flexibility index (Phi) is 5.08. The molecule has 21 heavy (non-hydrogen) atoms. The van der Waals surface area contributed by atoms with Gasteiger partial charge in [-0.3, -0.25) is 16.0 Å². The molecule has 1 atom stereocenters. The lowest BCUT2D eigenvalue weighted by Gasteiger charge is -2.17. The summed E-state index contributed by atoms with van der Waals surface area (Å²) in [5.41, 5.74) is 3.09. The van der Waals surface area contributed by atoms with Gasteiger partial charge in [-0.25, -0.2) is 8.78 Å². The molecule has 2 rings (SSSR count). The zero-order chi connectivity index (χ0) is 15.6. The summed E-state index contributed by atoms with van der Waals surface area (Å²) < 4.78 is 30.1. The Labute approximate surface area is 130 Å². The summed E-state index contributed by atoms with van der Waals surface area (Å²) in [6.07, 6.45) is 2.13. The van der Waals surface area contributed by atoms with Crippen LogP contribution in [0.1, 0.15) is 37.2 Å². The van der Waals surface area contributed by atoms with Crippen LogP contribution in [0.4, 0.5) is 8.78 Å². The van der Waals surface area contributed by atoms with E-state index in [-0.39, 0.29) is 11.6 Å². The second-order valence-corrected chi connectivity index (χ2v) is 6.00. The fourth-order valence-corrected chi connectivity index (χ4v) is 2.52. The van der Waals surface area contributed by atoms with Crippen molar-refractivity contribution in [3.63, 3.8) is 0 Å². The van der Waals surface area contributed by atoms with Gasteiger partial charge >= 0.3 is 0 Å². The van der Waals surface area contributed by atoms with E-state index in [1.165, 1.54) is 12.1 Å². The standard InChI is InChI=1S/C14H17BrF2N4/c1-8(2)21-4-3-10(20-21)7-13(19-18)14-11(16)5-9(15)6-12(14)17/h3-6,8,13,19H,7,18H2,1-2H3. The third-order valence-electron chi connectivity index (χ3n) is 3.20. The first-order valence-corrected chi connectivity index (χ1v) is 7.36. The Morgan fingerprint density at radius 2 is 1.95 bits per heavy atom. The maximum absolute atomic E-state index is 14.0. The molecule has 1 aromatic heterocycles. The molecule has 1 heterocycles. The summed E-state index contributed by atoms with van der Waals surface area (Å²) in [6.45, 7) is 4.01. The molecule has 0 spiro atoms. The first-order chi connectivity index (χ1) is 9.92. The SMILES string of the molecule is CC(C)n1ccc(CC(NN)c2c(F)cc(Br)cc2F)n1. The number of nitrogens with zero attached hydrogens (tertiary/aromatic N) is 2. The van der Waals surface area contributed by atoms with Crippen LogP contribution in [-0.4, -0.2) is 9.78 Å². The van der Waals surface area contributed by atoms with Gasteiger partial charge in [0.1, 0.15) is 11.6 Å². The molecule has 2 aromatic rings. The van der Waals surface area contributed by atoms with Crippen LogP contribution < -0.4 is 11.3 Å². The molecule has 7 heteroatoms. The highest BCUT2D eigenvalue weighted by molar-refractivity contribution is 9.10. The van der Waals surface area contributed by atoms with Crippen molar-refractivity contribution in [1.82, 2.24) is 15.2 Å². The zero-order valence-electron chi connectivity index (χ0n) is 11.8. The van der Waals surface area contributed by atoms with Gasteiger partial charge < -0.3 is 0 Å². The van der Waals surface area contributed by atoms with Crippen LogP contribution in [0.5, 0.6) is 0 Å². The van der Waals surface area contributed by atoms with E-state index in [2.05, 4.69) is 26.5 Å². The predicted molar refractivity (Wildman–Crippen MR) is 80.4 cm³/mol. The number of nitrogens with two attached hydrogens (primary N) is 1. The van der Waals surface area contributed by atoms with Crippen LogP contribution in [0.15, 0.2) is 28.9 Å². The Bertz CT molecular complexity index is 604. The highest BCUT2D eigenvalue weighted by Crippen LogP contribution is 2.26. The first kappa shape index (κ1) is 16.1. The van der Waals surface area contributed by atoms with E-state index >= 15 is 0 Å². The number of hydrogen-bond donors (Lipinski definition) is 2. The van der Waals surface area contributed by atoms with Crippen molar-refractivity contribution in [2.45, 2.75) is 32.4 Å². The number of hydrogen-bond acceptors (Lipinski definition) is 3. The molecule has 0 saturated heterocycles. The van der Waals surface area contributed by atoms with Crippen molar-refractivity contribution in [3.8, 4) is 0 Å². The minimum atomic E-state index is -0.686. The Morgan fingerprint density at radius 3 is 2.43 bits per heavy atom. The summed E-state index contributed by atoms with van der Waals surface area (Å²) in [5, 5.41) is 4.37. The minimum absolute atomic E-state index is 0.0835. The van der Waals surface area contributed by atoms with Gasteiger partial charge in [0.15, 0.2) is 0 Å². The molecule has 114 valence electrons. The maximum Gasteiger partial charge on any atom is 0.132 e. The molecule has 0 aliphatic heterocycles. The third kappa shape index (κ3) is 3.66. The van der Waals surface area contributed by atoms with Crippen molar-refractivity contribution < 1.29 is 8.78 Å². The molecule has 0 amide bonds.